The van der Waals surface area contributed by atoms with Crippen LogP contribution in [0.3, 0.4) is 0 Å². The van der Waals surface area contributed by atoms with Crippen molar-refractivity contribution in [1.82, 2.24) is 20.6 Å². The Balaban J connectivity index is 1.32. The van der Waals surface area contributed by atoms with Crippen molar-refractivity contribution in [2.75, 3.05) is 39.3 Å². The van der Waals surface area contributed by atoms with Crippen LogP contribution >= 0.6 is 0 Å². The molecule has 2 aromatic carbocycles. The SMILES string of the molecule is CN=C(NCc1ncc(-c2ccccc2)[nH]1)NC1CCN(c2cc(OC)cc(OC)c2)C1. The zero-order chi connectivity index (χ0) is 22.3. The number of guanidine groups is 1. The lowest BCUT2D eigenvalue weighted by Crippen LogP contribution is -2.44. The summed E-state index contributed by atoms with van der Waals surface area (Å²) >= 11 is 0. The van der Waals surface area contributed by atoms with Crippen LogP contribution in [0.2, 0.25) is 0 Å². The number of aromatic nitrogens is 2. The van der Waals surface area contributed by atoms with Crippen LogP contribution in [-0.2, 0) is 6.54 Å². The van der Waals surface area contributed by atoms with Gasteiger partial charge in [-0.05, 0) is 12.0 Å². The molecule has 0 aliphatic carbocycles. The van der Waals surface area contributed by atoms with Crippen molar-refractivity contribution in [2.45, 2.75) is 19.0 Å². The van der Waals surface area contributed by atoms with Crippen LogP contribution in [0.4, 0.5) is 5.69 Å². The molecule has 4 rings (SSSR count). The van der Waals surface area contributed by atoms with E-state index < -0.39 is 0 Å². The van der Waals surface area contributed by atoms with E-state index in [4.69, 9.17) is 9.47 Å². The summed E-state index contributed by atoms with van der Waals surface area (Å²) in [5, 5.41) is 6.88. The van der Waals surface area contributed by atoms with Gasteiger partial charge in [-0.1, -0.05) is 30.3 Å². The molecule has 1 aromatic heterocycles. The number of nitrogens with zero attached hydrogens (tertiary/aromatic N) is 3. The van der Waals surface area contributed by atoms with Crippen LogP contribution in [0.5, 0.6) is 11.5 Å². The molecule has 0 saturated carbocycles. The van der Waals surface area contributed by atoms with Gasteiger partial charge in [0.25, 0.3) is 0 Å². The minimum absolute atomic E-state index is 0.287. The van der Waals surface area contributed by atoms with E-state index in [0.29, 0.717) is 6.54 Å². The third kappa shape index (κ3) is 5.14. The lowest BCUT2D eigenvalue weighted by Gasteiger charge is -2.21. The molecule has 1 aliphatic heterocycles. The average Bonchev–Trinajstić information content (AvgIpc) is 3.52. The van der Waals surface area contributed by atoms with Gasteiger partial charge in [-0.2, -0.15) is 0 Å². The molecule has 1 atom stereocenters. The molecular weight excluding hydrogens is 404 g/mol. The van der Waals surface area contributed by atoms with Crippen molar-refractivity contribution in [1.29, 1.82) is 0 Å². The number of methoxy groups -OCH3 is 2. The molecule has 0 amide bonds. The highest BCUT2D eigenvalue weighted by Crippen LogP contribution is 2.30. The summed E-state index contributed by atoms with van der Waals surface area (Å²) < 4.78 is 10.8. The van der Waals surface area contributed by atoms with Crippen LogP contribution < -0.4 is 25.0 Å². The monoisotopic (exact) mass is 434 g/mol. The van der Waals surface area contributed by atoms with Crippen LogP contribution in [-0.4, -0.2) is 56.3 Å². The van der Waals surface area contributed by atoms with E-state index >= 15 is 0 Å². The molecule has 32 heavy (non-hydrogen) atoms. The normalized spacial score (nSPS) is 16.2. The number of rotatable bonds is 7. The number of imidazole rings is 1. The molecule has 3 N–H and O–H groups in total. The Kier molecular flexibility index (Phi) is 6.79. The summed E-state index contributed by atoms with van der Waals surface area (Å²) in [7, 11) is 5.13. The van der Waals surface area contributed by atoms with Gasteiger partial charge < -0.3 is 30.0 Å². The van der Waals surface area contributed by atoms with E-state index in [2.05, 4.69) is 42.6 Å². The highest BCUT2D eigenvalue weighted by atomic mass is 16.5. The van der Waals surface area contributed by atoms with Gasteiger partial charge in [0.1, 0.15) is 17.3 Å². The minimum Gasteiger partial charge on any atom is -0.497 e. The summed E-state index contributed by atoms with van der Waals surface area (Å²) in [6.45, 7) is 2.38. The first-order chi connectivity index (χ1) is 15.7. The van der Waals surface area contributed by atoms with Gasteiger partial charge >= 0.3 is 0 Å². The number of hydrogen-bond donors (Lipinski definition) is 3. The third-order valence-electron chi connectivity index (χ3n) is 5.59. The second kappa shape index (κ2) is 10.1. The Morgan fingerprint density at radius 1 is 1.16 bits per heavy atom. The van der Waals surface area contributed by atoms with Crippen molar-refractivity contribution in [3.8, 4) is 22.8 Å². The maximum absolute atomic E-state index is 5.41. The van der Waals surface area contributed by atoms with E-state index in [1.54, 1.807) is 21.3 Å². The van der Waals surface area contributed by atoms with Gasteiger partial charge in [-0.3, -0.25) is 4.99 Å². The van der Waals surface area contributed by atoms with E-state index in [1.807, 2.05) is 42.6 Å². The maximum atomic E-state index is 5.41. The van der Waals surface area contributed by atoms with Crippen molar-refractivity contribution in [3.63, 3.8) is 0 Å². The first-order valence-electron chi connectivity index (χ1n) is 10.7. The van der Waals surface area contributed by atoms with Crippen LogP contribution in [0.25, 0.3) is 11.3 Å². The van der Waals surface area contributed by atoms with E-state index in [9.17, 15) is 0 Å². The average molecular weight is 435 g/mol. The lowest BCUT2D eigenvalue weighted by molar-refractivity contribution is 0.394. The van der Waals surface area contributed by atoms with Crippen molar-refractivity contribution < 1.29 is 9.47 Å². The Morgan fingerprint density at radius 3 is 2.59 bits per heavy atom. The quantitative estimate of drug-likeness (QED) is 0.391. The molecule has 1 unspecified atom stereocenters. The maximum Gasteiger partial charge on any atom is 0.191 e. The Labute approximate surface area is 188 Å². The van der Waals surface area contributed by atoms with Gasteiger partial charge in [-0.15, -0.1) is 0 Å². The number of aromatic amines is 1. The number of anilines is 1. The number of hydrogen-bond acceptors (Lipinski definition) is 5. The molecule has 1 fully saturated rings. The standard InChI is InChI=1S/C24H30N6O2/c1-25-24(27-15-23-26-14-22(29-23)17-7-5-4-6-8-17)28-18-9-10-30(16-18)19-11-20(31-2)13-21(12-19)32-3/h4-8,11-14,18H,9-10,15-16H2,1-3H3,(H,26,29)(H2,25,27,28). The largest absolute Gasteiger partial charge is 0.497 e. The van der Waals surface area contributed by atoms with Gasteiger partial charge in [0.15, 0.2) is 5.96 Å². The molecule has 2 heterocycles. The van der Waals surface area contributed by atoms with Crippen LogP contribution in [0.15, 0.2) is 59.7 Å². The third-order valence-corrected chi connectivity index (χ3v) is 5.59. The van der Waals surface area contributed by atoms with E-state index in [-0.39, 0.29) is 6.04 Å². The summed E-state index contributed by atoms with van der Waals surface area (Å²) in [5.41, 5.74) is 3.22. The zero-order valence-electron chi connectivity index (χ0n) is 18.8. The Bertz CT molecular complexity index is 1030. The first-order valence-corrected chi connectivity index (χ1v) is 10.7. The summed E-state index contributed by atoms with van der Waals surface area (Å²) in [4.78, 5) is 14.6. The summed E-state index contributed by atoms with van der Waals surface area (Å²) in [6, 6.07) is 16.4. The highest BCUT2D eigenvalue weighted by Gasteiger charge is 2.24. The number of nitrogens with one attached hydrogen (secondary N) is 3. The molecule has 0 radical (unpaired) electrons. The molecule has 1 aliphatic rings. The second-order valence-electron chi connectivity index (χ2n) is 7.68. The first kappa shape index (κ1) is 21.5. The van der Waals surface area contributed by atoms with Gasteiger partial charge in [0.2, 0.25) is 0 Å². The molecule has 0 bridgehead atoms. The molecule has 8 heteroatoms. The molecule has 168 valence electrons. The summed E-state index contributed by atoms with van der Waals surface area (Å²) in [6.07, 6.45) is 2.87. The minimum atomic E-state index is 0.287. The predicted molar refractivity (Wildman–Crippen MR) is 128 cm³/mol. The fourth-order valence-electron chi connectivity index (χ4n) is 3.86. The molecule has 0 spiro atoms. The lowest BCUT2D eigenvalue weighted by atomic mass is 10.2. The molecule has 1 saturated heterocycles. The summed E-state index contributed by atoms with van der Waals surface area (Å²) in [5.74, 6) is 3.21. The molecule has 8 nitrogen and oxygen atoms in total. The van der Waals surface area contributed by atoms with Crippen LogP contribution in [0, 0.1) is 0 Å². The Morgan fingerprint density at radius 2 is 1.91 bits per heavy atom. The fourth-order valence-corrected chi connectivity index (χ4v) is 3.86. The van der Waals surface area contributed by atoms with Crippen molar-refractivity contribution in [2.24, 2.45) is 4.99 Å². The number of aliphatic imine (C=N–C) groups is 1. The highest BCUT2D eigenvalue weighted by molar-refractivity contribution is 5.80. The zero-order valence-corrected chi connectivity index (χ0v) is 18.8. The van der Waals surface area contributed by atoms with E-state index in [0.717, 1.165) is 59.7 Å². The number of ether oxygens (including phenoxy) is 2. The van der Waals surface area contributed by atoms with Crippen molar-refractivity contribution in [3.05, 3.63) is 60.6 Å². The van der Waals surface area contributed by atoms with Gasteiger partial charge in [-0.25, -0.2) is 4.98 Å². The van der Waals surface area contributed by atoms with Crippen LogP contribution in [0.1, 0.15) is 12.2 Å². The number of H-pyrrole nitrogens is 1. The topological polar surface area (TPSA) is 86.8 Å². The van der Waals surface area contributed by atoms with Crippen molar-refractivity contribution >= 4 is 11.6 Å². The number of benzene rings is 2. The van der Waals surface area contributed by atoms with Gasteiger partial charge in [0.05, 0.1) is 32.7 Å². The Hall–Kier alpha value is -3.68. The second-order valence-corrected chi connectivity index (χ2v) is 7.68. The van der Waals surface area contributed by atoms with E-state index in [1.165, 1.54) is 0 Å². The fraction of sp³-hybridized carbons (Fsp3) is 0.333. The molecule has 3 aromatic rings. The van der Waals surface area contributed by atoms with Gasteiger partial charge in [0, 0.05) is 50.1 Å². The predicted octanol–water partition coefficient (Wildman–Crippen LogP) is 3.04. The smallest absolute Gasteiger partial charge is 0.191 e. The molecular formula is C24H30N6O2.